The largest absolute Gasteiger partial charge is 0.493 e. The van der Waals surface area contributed by atoms with Gasteiger partial charge in [-0.1, -0.05) is 32.0 Å². The van der Waals surface area contributed by atoms with Crippen molar-refractivity contribution in [1.29, 1.82) is 0 Å². The van der Waals surface area contributed by atoms with Crippen LogP contribution in [0.25, 0.3) is 0 Å². The fourth-order valence-electron chi connectivity index (χ4n) is 5.71. The molecule has 5 atom stereocenters. The van der Waals surface area contributed by atoms with Gasteiger partial charge in [-0.3, -0.25) is 0 Å². The van der Waals surface area contributed by atoms with E-state index in [0.29, 0.717) is 17.3 Å². The quantitative estimate of drug-likeness (QED) is 0.775. The molecule has 5 aliphatic rings. The SMILES string of the molecule is CC1(C)C2C[C@H]1CC1OB(CC3COc4ccccc43)O[C@]12C. The predicted octanol–water partition coefficient (Wildman–Crippen LogP) is 3.89. The zero-order valence-electron chi connectivity index (χ0n) is 14.2. The van der Waals surface area contributed by atoms with Crippen LogP contribution in [0, 0.1) is 17.3 Å². The van der Waals surface area contributed by atoms with Gasteiger partial charge in [-0.25, -0.2) is 0 Å². The van der Waals surface area contributed by atoms with Gasteiger partial charge in [0, 0.05) is 11.5 Å². The average Bonchev–Trinajstić information content (AvgIpc) is 3.07. The molecule has 1 aromatic carbocycles. The van der Waals surface area contributed by atoms with Crippen LogP contribution in [0.4, 0.5) is 0 Å². The van der Waals surface area contributed by atoms with E-state index in [1.54, 1.807) is 0 Å². The monoisotopic (exact) mass is 312 g/mol. The predicted molar refractivity (Wildman–Crippen MR) is 89.6 cm³/mol. The van der Waals surface area contributed by atoms with Gasteiger partial charge in [-0.2, -0.15) is 0 Å². The molecule has 0 N–H and O–H groups in total. The Morgan fingerprint density at radius 3 is 2.83 bits per heavy atom. The second-order valence-electron chi connectivity index (χ2n) is 8.68. The number of rotatable bonds is 2. The number of benzene rings is 1. The molecule has 0 amide bonds. The Hall–Kier alpha value is -0.995. The topological polar surface area (TPSA) is 27.7 Å². The molecule has 122 valence electrons. The third-order valence-corrected chi connectivity index (χ3v) is 7.28. The normalized spacial score (nSPS) is 42.7. The molecule has 23 heavy (non-hydrogen) atoms. The Bertz CT molecular complexity index is 645. The Kier molecular flexibility index (Phi) is 2.84. The number of hydrogen-bond acceptors (Lipinski definition) is 3. The lowest BCUT2D eigenvalue weighted by Crippen LogP contribution is -2.65. The lowest BCUT2D eigenvalue weighted by Gasteiger charge is -2.64. The fraction of sp³-hybridized carbons (Fsp3) is 0.684. The molecular weight excluding hydrogens is 287 g/mol. The summed E-state index contributed by atoms with van der Waals surface area (Å²) in [4.78, 5) is 0. The maximum absolute atomic E-state index is 6.54. The molecule has 3 saturated carbocycles. The highest BCUT2D eigenvalue weighted by Gasteiger charge is 2.67. The number of hydrogen-bond donors (Lipinski definition) is 0. The summed E-state index contributed by atoms with van der Waals surface area (Å²) in [7, 11) is -0.0834. The Labute approximate surface area is 138 Å². The van der Waals surface area contributed by atoms with E-state index in [0.717, 1.165) is 31.0 Å². The Balaban J connectivity index is 1.34. The summed E-state index contributed by atoms with van der Waals surface area (Å²) in [6.07, 6.45) is 3.66. The molecule has 3 aliphatic carbocycles. The zero-order valence-corrected chi connectivity index (χ0v) is 14.2. The smallest absolute Gasteiger partial charge is 0.458 e. The molecule has 2 bridgehead atoms. The third-order valence-electron chi connectivity index (χ3n) is 7.28. The summed E-state index contributed by atoms with van der Waals surface area (Å²) < 4.78 is 18.7. The fourth-order valence-corrected chi connectivity index (χ4v) is 5.71. The number of fused-ring (bicyclic) bond motifs is 1. The third kappa shape index (κ3) is 1.85. The maximum Gasteiger partial charge on any atom is 0.458 e. The van der Waals surface area contributed by atoms with Crippen LogP contribution in [0.15, 0.2) is 24.3 Å². The van der Waals surface area contributed by atoms with Crippen LogP contribution in [-0.2, 0) is 9.31 Å². The van der Waals surface area contributed by atoms with Crippen molar-refractivity contribution < 1.29 is 14.0 Å². The molecule has 1 aromatic rings. The molecule has 0 radical (unpaired) electrons. The molecule has 0 aromatic heterocycles. The van der Waals surface area contributed by atoms with Crippen LogP contribution in [0.5, 0.6) is 5.75 Å². The van der Waals surface area contributed by atoms with Crippen LogP contribution in [0.3, 0.4) is 0 Å². The van der Waals surface area contributed by atoms with Crippen molar-refractivity contribution in [2.75, 3.05) is 6.61 Å². The number of para-hydroxylation sites is 1. The second kappa shape index (κ2) is 4.55. The standard InChI is InChI=1S/C19H25BO3/c1-18(2)13-8-16(18)19(3)17(9-13)22-20(23-19)10-12-11-21-15-7-5-4-6-14(12)15/h4-7,12-13,16-17H,8-11H2,1-3H3/t12?,13-,16?,17?,19-/m0/s1. The minimum absolute atomic E-state index is 0.0834. The molecule has 3 nitrogen and oxygen atoms in total. The van der Waals surface area contributed by atoms with Crippen LogP contribution in [-0.4, -0.2) is 25.4 Å². The molecular formula is C19H25BO3. The molecule has 1 saturated heterocycles. The molecule has 4 heteroatoms. The van der Waals surface area contributed by atoms with Gasteiger partial charge in [0.2, 0.25) is 0 Å². The highest BCUT2D eigenvalue weighted by molar-refractivity contribution is 6.45. The summed E-state index contributed by atoms with van der Waals surface area (Å²) in [5.74, 6) is 2.87. The lowest BCUT2D eigenvalue weighted by molar-refractivity contribution is -0.199. The maximum atomic E-state index is 6.54. The summed E-state index contributed by atoms with van der Waals surface area (Å²) in [5, 5.41) is 0. The van der Waals surface area contributed by atoms with Crippen molar-refractivity contribution in [3.63, 3.8) is 0 Å². The second-order valence-corrected chi connectivity index (χ2v) is 8.68. The molecule has 4 fully saturated rings. The van der Waals surface area contributed by atoms with Crippen molar-refractivity contribution in [3.8, 4) is 5.75 Å². The van der Waals surface area contributed by atoms with E-state index >= 15 is 0 Å². The molecule has 0 spiro atoms. The van der Waals surface area contributed by atoms with E-state index < -0.39 is 0 Å². The van der Waals surface area contributed by atoms with Crippen molar-refractivity contribution in [1.82, 2.24) is 0 Å². The highest BCUT2D eigenvalue weighted by Crippen LogP contribution is 2.66. The van der Waals surface area contributed by atoms with Gasteiger partial charge in [0.25, 0.3) is 0 Å². The first-order valence-electron chi connectivity index (χ1n) is 9.03. The number of ether oxygens (including phenoxy) is 1. The van der Waals surface area contributed by atoms with Crippen LogP contribution < -0.4 is 4.74 Å². The lowest BCUT2D eigenvalue weighted by atomic mass is 9.43. The zero-order chi connectivity index (χ0) is 15.8. The van der Waals surface area contributed by atoms with Crippen LogP contribution in [0.2, 0.25) is 6.32 Å². The van der Waals surface area contributed by atoms with Gasteiger partial charge in [0.1, 0.15) is 5.75 Å². The van der Waals surface area contributed by atoms with E-state index in [9.17, 15) is 0 Å². The van der Waals surface area contributed by atoms with Gasteiger partial charge >= 0.3 is 7.12 Å². The minimum Gasteiger partial charge on any atom is -0.493 e. The van der Waals surface area contributed by atoms with E-state index in [4.69, 9.17) is 14.0 Å². The summed E-state index contributed by atoms with van der Waals surface area (Å²) in [6, 6.07) is 8.37. The van der Waals surface area contributed by atoms with Crippen LogP contribution in [0.1, 0.15) is 45.1 Å². The molecule has 2 heterocycles. The first kappa shape index (κ1) is 14.4. The van der Waals surface area contributed by atoms with Gasteiger partial charge in [-0.15, -0.1) is 0 Å². The van der Waals surface area contributed by atoms with Crippen molar-refractivity contribution >= 4 is 7.12 Å². The first-order chi connectivity index (χ1) is 11.0. The molecule has 6 rings (SSSR count). The van der Waals surface area contributed by atoms with Crippen LogP contribution >= 0.6 is 0 Å². The van der Waals surface area contributed by atoms with Crippen molar-refractivity contribution in [3.05, 3.63) is 29.8 Å². The van der Waals surface area contributed by atoms with E-state index in [-0.39, 0.29) is 18.8 Å². The summed E-state index contributed by atoms with van der Waals surface area (Å²) in [5.41, 5.74) is 1.62. The molecule has 3 unspecified atom stereocenters. The highest BCUT2D eigenvalue weighted by atomic mass is 16.7. The van der Waals surface area contributed by atoms with E-state index in [1.807, 2.05) is 6.07 Å². The average molecular weight is 312 g/mol. The summed E-state index contributed by atoms with van der Waals surface area (Å²) >= 11 is 0. The van der Waals surface area contributed by atoms with E-state index in [2.05, 4.69) is 39.0 Å². The van der Waals surface area contributed by atoms with Gasteiger partial charge in [0.05, 0.1) is 18.3 Å². The molecule has 2 aliphatic heterocycles. The Morgan fingerprint density at radius 1 is 1.17 bits per heavy atom. The van der Waals surface area contributed by atoms with Crippen molar-refractivity contribution in [2.45, 2.75) is 57.6 Å². The van der Waals surface area contributed by atoms with Gasteiger partial charge in [0.15, 0.2) is 0 Å². The Morgan fingerprint density at radius 2 is 2.00 bits per heavy atom. The van der Waals surface area contributed by atoms with Gasteiger partial charge < -0.3 is 14.0 Å². The minimum atomic E-state index is -0.0953. The van der Waals surface area contributed by atoms with Crippen molar-refractivity contribution in [2.24, 2.45) is 17.3 Å². The first-order valence-corrected chi connectivity index (χ1v) is 9.03. The summed E-state index contributed by atoms with van der Waals surface area (Å²) in [6.45, 7) is 7.86. The van der Waals surface area contributed by atoms with Gasteiger partial charge in [-0.05, 0) is 49.4 Å². The van der Waals surface area contributed by atoms with E-state index in [1.165, 1.54) is 12.0 Å².